The Bertz CT molecular complexity index is 982. The van der Waals surface area contributed by atoms with Gasteiger partial charge < -0.3 is 4.74 Å². The van der Waals surface area contributed by atoms with Crippen LogP contribution in [0.1, 0.15) is 21.5 Å². The first-order chi connectivity index (χ1) is 12.0. The molecule has 0 aliphatic rings. The number of pyridine rings is 1. The van der Waals surface area contributed by atoms with Gasteiger partial charge in [0.1, 0.15) is 0 Å². The summed E-state index contributed by atoms with van der Waals surface area (Å²) in [7, 11) is 1.45. The quantitative estimate of drug-likeness (QED) is 0.401. The highest BCUT2D eigenvalue weighted by molar-refractivity contribution is 6.02. The van der Waals surface area contributed by atoms with Crippen LogP contribution in [0.2, 0.25) is 0 Å². The van der Waals surface area contributed by atoms with Crippen LogP contribution < -0.4 is 4.74 Å². The van der Waals surface area contributed by atoms with Crippen LogP contribution in [0.4, 0.5) is 5.69 Å². The summed E-state index contributed by atoms with van der Waals surface area (Å²) in [5, 5.41) is 12.0. The number of rotatable bonds is 5. The van der Waals surface area contributed by atoms with Crippen LogP contribution >= 0.6 is 0 Å². The number of methoxy groups -OCH3 is 1. The van der Waals surface area contributed by atoms with Crippen molar-refractivity contribution in [2.24, 2.45) is 0 Å². The van der Waals surface area contributed by atoms with Crippen LogP contribution in [-0.4, -0.2) is 22.8 Å². The molecule has 2 aromatic carbocycles. The third-order valence-corrected chi connectivity index (χ3v) is 3.97. The molecule has 0 N–H and O–H groups in total. The van der Waals surface area contributed by atoms with E-state index < -0.39 is 4.92 Å². The smallest absolute Gasteiger partial charge is 0.273 e. The van der Waals surface area contributed by atoms with Crippen LogP contribution in [-0.2, 0) is 6.42 Å². The normalized spacial score (nSPS) is 10.6. The van der Waals surface area contributed by atoms with E-state index in [1.807, 2.05) is 31.2 Å². The molecule has 1 heterocycles. The van der Waals surface area contributed by atoms with Crippen LogP contribution in [0, 0.1) is 17.0 Å². The van der Waals surface area contributed by atoms with Crippen LogP contribution in [0.5, 0.6) is 5.88 Å². The van der Waals surface area contributed by atoms with Gasteiger partial charge in [0.05, 0.1) is 23.1 Å². The zero-order valence-corrected chi connectivity index (χ0v) is 13.9. The summed E-state index contributed by atoms with van der Waals surface area (Å²) in [5.41, 5.74) is 2.21. The second-order valence-corrected chi connectivity index (χ2v) is 5.73. The van der Waals surface area contributed by atoms with Gasteiger partial charge in [-0.2, -0.15) is 0 Å². The topological polar surface area (TPSA) is 82.3 Å². The molecule has 0 bridgehead atoms. The molecule has 25 heavy (non-hydrogen) atoms. The molecule has 6 heteroatoms. The predicted molar refractivity (Wildman–Crippen MR) is 94.2 cm³/mol. The molecule has 0 saturated carbocycles. The number of para-hydroxylation sites is 1. The molecule has 0 amide bonds. The highest BCUT2D eigenvalue weighted by Crippen LogP contribution is 2.26. The molecule has 3 aromatic rings. The average Bonchev–Trinajstić information content (AvgIpc) is 2.60. The van der Waals surface area contributed by atoms with E-state index in [-0.39, 0.29) is 23.8 Å². The van der Waals surface area contributed by atoms with Gasteiger partial charge in [0.15, 0.2) is 5.78 Å². The van der Waals surface area contributed by atoms with E-state index in [2.05, 4.69) is 4.98 Å². The lowest BCUT2D eigenvalue weighted by molar-refractivity contribution is -0.385. The van der Waals surface area contributed by atoms with Gasteiger partial charge in [0, 0.05) is 23.4 Å². The van der Waals surface area contributed by atoms with Gasteiger partial charge >= 0.3 is 0 Å². The second-order valence-electron chi connectivity index (χ2n) is 5.73. The molecule has 0 saturated heterocycles. The van der Waals surface area contributed by atoms with Crippen LogP contribution in [0.25, 0.3) is 10.9 Å². The number of carbonyl (C=O) groups is 1. The fourth-order valence-corrected chi connectivity index (χ4v) is 2.76. The number of Topliss-reactive ketones (excluding diaryl/α,β-unsaturated/α-hetero) is 1. The standard InChI is InChI=1S/C19H16N2O4/c1-12-7-8-17(21(23)24)14(9-12)11-18(22)15-10-13-5-3-4-6-16(13)20-19(15)25-2/h3-10H,11H2,1-2H3. The Balaban J connectivity index is 2.03. The number of hydrogen-bond acceptors (Lipinski definition) is 5. The van der Waals surface area contributed by atoms with Crippen molar-refractivity contribution in [3.8, 4) is 5.88 Å². The summed E-state index contributed by atoms with van der Waals surface area (Å²) in [5.74, 6) is -0.0530. The van der Waals surface area contributed by atoms with Gasteiger partial charge in [-0.05, 0) is 25.1 Å². The molecular formula is C19H16N2O4. The summed E-state index contributed by atoms with van der Waals surface area (Å²) in [6, 6.07) is 13.9. The summed E-state index contributed by atoms with van der Waals surface area (Å²) in [6.07, 6.45) is -0.0889. The van der Waals surface area contributed by atoms with Crippen molar-refractivity contribution in [2.45, 2.75) is 13.3 Å². The number of nitrogens with zero attached hydrogens (tertiary/aromatic N) is 2. The van der Waals surface area contributed by atoms with E-state index >= 15 is 0 Å². The van der Waals surface area contributed by atoms with Gasteiger partial charge in [-0.25, -0.2) is 4.98 Å². The number of aromatic nitrogens is 1. The number of nitro groups is 1. The molecule has 0 aliphatic carbocycles. The van der Waals surface area contributed by atoms with Crippen molar-refractivity contribution in [2.75, 3.05) is 7.11 Å². The minimum atomic E-state index is -0.474. The predicted octanol–water partition coefficient (Wildman–Crippen LogP) is 3.89. The first-order valence-electron chi connectivity index (χ1n) is 7.70. The molecule has 6 nitrogen and oxygen atoms in total. The van der Waals surface area contributed by atoms with E-state index in [4.69, 9.17) is 4.74 Å². The number of nitro benzene ring substituents is 1. The van der Waals surface area contributed by atoms with Gasteiger partial charge in [0.2, 0.25) is 5.88 Å². The molecule has 0 fully saturated rings. The highest BCUT2D eigenvalue weighted by atomic mass is 16.6. The van der Waals surface area contributed by atoms with Crippen molar-refractivity contribution in [3.63, 3.8) is 0 Å². The number of aryl methyl sites for hydroxylation is 1. The highest BCUT2D eigenvalue weighted by Gasteiger charge is 2.21. The Kier molecular flexibility index (Phi) is 4.43. The third kappa shape index (κ3) is 3.33. The fourth-order valence-electron chi connectivity index (χ4n) is 2.76. The Morgan fingerprint density at radius 3 is 2.68 bits per heavy atom. The monoisotopic (exact) mass is 336 g/mol. The van der Waals surface area contributed by atoms with E-state index in [1.54, 1.807) is 18.2 Å². The van der Waals surface area contributed by atoms with Gasteiger partial charge in [0.25, 0.3) is 5.69 Å². The molecular weight excluding hydrogens is 320 g/mol. The Morgan fingerprint density at radius 1 is 1.20 bits per heavy atom. The van der Waals surface area contributed by atoms with Crippen molar-refractivity contribution in [3.05, 3.63) is 75.3 Å². The van der Waals surface area contributed by atoms with Crippen molar-refractivity contribution < 1.29 is 14.5 Å². The lowest BCUT2D eigenvalue weighted by atomic mass is 9.99. The summed E-state index contributed by atoms with van der Waals surface area (Å²) in [4.78, 5) is 27.9. The Morgan fingerprint density at radius 2 is 1.96 bits per heavy atom. The van der Waals surface area contributed by atoms with E-state index in [1.165, 1.54) is 13.2 Å². The number of ketones is 1. The van der Waals surface area contributed by atoms with Crippen molar-refractivity contribution >= 4 is 22.4 Å². The Labute approximate surface area is 144 Å². The maximum Gasteiger partial charge on any atom is 0.273 e. The largest absolute Gasteiger partial charge is 0.480 e. The summed E-state index contributed by atoms with van der Waals surface area (Å²) in [6.45, 7) is 1.83. The van der Waals surface area contributed by atoms with E-state index in [0.29, 0.717) is 11.1 Å². The molecule has 0 atom stereocenters. The van der Waals surface area contributed by atoms with Gasteiger partial charge in [-0.3, -0.25) is 14.9 Å². The van der Waals surface area contributed by atoms with E-state index in [9.17, 15) is 14.9 Å². The molecule has 0 unspecified atom stereocenters. The Hall–Kier alpha value is -3.28. The average molecular weight is 336 g/mol. The van der Waals surface area contributed by atoms with Gasteiger partial charge in [-0.1, -0.05) is 29.8 Å². The number of carbonyl (C=O) groups excluding carboxylic acids is 1. The summed E-state index contributed by atoms with van der Waals surface area (Å²) >= 11 is 0. The second kappa shape index (κ2) is 6.68. The van der Waals surface area contributed by atoms with E-state index in [0.717, 1.165) is 16.5 Å². The molecule has 0 spiro atoms. The lowest BCUT2D eigenvalue weighted by Crippen LogP contribution is -2.09. The number of fused-ring (bicyclic) bond motifs is 1. The fraction of sp³-hybridized carbons (Fsp3) is 0.158. The number of ether oxygens (including phenoxy) is 1. The molecule has 0 radical (unpaired) electrons. The number of hydrogen-bond donors (Lipinski definition) is 0. The van der Waals surface area contributed by atoms with Crippen molar-refractivity contribution in [1.82, 2.24) is 4.98 Å². The summed E-state index contributed by atoms with van der Waals surface area (Å²) < 4.78 is 5.25. The molecule has 3 rings (SSSR count). The zero-order chi connectivity index (χ0) is 18.0. The molecule has 126 valence electrons. The van der Waals surface area contributed by atoms with Crippen LogP contribution in [0.15, 0.2) is 48.5 Å². The number of benzene rings is 2. The minimum Gasteiger partial charge on any atom is -0.480 e. The first-order valence-corrected chi connectivity index (χ1v) is 7.70. The maximum atomic E-state index is 12.8. The van der Waals surface area contributed by atoms with Crippen molar-refractivity contribution in [1.29, 1.82) is 0 Å². The molecule has 0 aliphatic heterocycles. The molecule has 1 aromatic heterocycles. The van der Waals surface area contributed by atoms with Crippen LogP contribution in [0.3, 0.4) is 0 Å². The lowest BCUT2D eigenvalue weighted by Gasteiger charge is -2.09. The van der Waals surface area contributed by atoms with Gasteiger partial charge in [-0.15, -0.1) is 0 Å². The maximum absolute atomic E-state index is 12.8. The zero-order valence-electron chi connectivity index (χ0n) is 13.9. The third-order valence-electron chi connectivity index (χ3n) is 3.97. The first kappa shape index (κ1) is 16.6. The SMILES string of the molecule is COc1nc2ccccc2cc1C(=O)Cc1cc(C)ccc1[N+](=O)[O-]. The minimum absolute atomic E-state index is 0.0633.